The second-order valence-corrected chi connectivity index (χ2v) is 7.78. The number of aromatic nitrogens is 1. The summed E-state index contributed by atoms with van der Waals surface area (Å²) in [4.78, 5) is 0.966. The third-order valence-electron chi connectivity index (χ3n) is 5.34. The molecule has 0 spiro atoms. The normalized spacial score (nSPS) is 11.5. The number of para-hydroxylation sites is 2. The SMILES string of the molecule is Cn1c2ccc(S)cc2c2cc(/C=N\N(c3ccccc3)c3ccccc3)ccc21. The maximum absolute atomic E-state index is 4.83. The minimum absolute atomic E-state index is 0.966. The number of anilines is 2. The van der Waals surface area contributed by atoms with Crippen LogP contribution in [0.2, 0.25) is 0 Å². The molecule has 30 heavy (non-hydrogen) atoms. The number of rotatable bonds is 4. The summed E-state index contributed by atoms with van der Waals surface area (Å²) in [5, 5.41) is 9.20. The van der Waals surface area contributed by atoms with Crippen LogP contribution in [0.25, 0.3) is 21.8 Å². The van der Waals surface area contributed by atoms with Crippen molar-refractivity contribution in [2.45, 2.75) is 4.90 Å². The Bertz CT molecular complexity index is 1320. The number of nitrogens with zero attached hydrogens (tertiary/aromatic N) is 3. The summed E-state index contributed by atoms with van der Waals surface area (Å²) < 4.78 is 2.22. The Kier molecular flexibility index (Phi) is 4.77. The molecular formula is C26H21N3S. The second-order valence-electron chi connectivity index (χ2n) is 7.26. The van der Waals surface area contributed by atoms with E-state index < -0.39 is 0 Å². The topological polar surface area (TPSA) is 20.5 Å². The summed E-state index contributed by atoms with van der Waals surface area (Å²) in [6.45, 7) is 0. The fourth-order valence-corrected chi connectivity index (χ4v) is 4.05. The molecule has 0 bridgehead atoms. The van der Waals surface area contributed by atoms with Gasteiger partial charge in [-0.1, -0.05) is 42.5 Å². The van der Waals surface area contributed by atoms with Crippen molar-refractivity contribution in [2.24, 2.45) is 12.1 Å². The van der Waals surface area contributed by atoms with Crippen LogP contribution in [0, 0.1) is 0 Å². The lowest BCUT2D eigenvalue weighted by atomic mass is 10.1. The van der Waals surface area contributed by atoms with Gasteiger partial charge in [-0.3, -0.25) is 0 Å². The van der Waals surface area contributed by atoms with Gasteiger partial charge in [0, 0.05) is 33.7 Å². The maximum atomic E-state index is 4.83. The summed E-state index contributed by atoms with van der Waals surface area (Å²) in [5.74, 6) is 0. The van der Waals surface area contributed by atoms with E-state index >= 15 is 0 Å². The van der Waals surface area contributed by atoms with Crippen molar-refractivity contribution >= 4 is 52.0 Å². The predicted octanol–water partition coefficient (Wildman–Crippen LogP) is 6.79. The van der Waals surface area contributed by atoms with Crippen LogP contribution in [-0.2, 0) is 7.05 Å². The Hall–Kier alpha value is -3.50. The zero-order chi connectivity index (χ0) is 20.5. The average molecular weight is 408 g/mol. The van der Waals surface area contributed by atoms with Crippen molar-refractivity contribution in [1.29, 1.82) is 0 Å². The van der Waals surface area contributed by atoms with E-state index in [1.165, 1.54) is 21.8 Å². The Labute approximate surface area is 181 Å². The molecule has 0 radical (unpaired) electrons. The molecule has 0 N–H and O–H groups in total. The van der Waals surface area contributed by atoms with Gasteiger partial charge in [-0.15, -0.1) is 12.6 Å². The first-order chi connectivity index (χ1) is 14.7. The summed E-state index contributed by atoms with van der Waals surface area (Å²) in [7, 11) is 2.10. The molecule has 3 nitrogen and oxygen atoms in total. The molecule has 0 saturated carbocycles. The van der Waals surface area contributed by atoms with E-state index in [1.807, 2.05) is 53.7 Å². The minimum Gasteiger partial charge on any atom is -0.344 e. The van der Waals surface area contributed by atoms with Crippen molar-refractivity contribution in [3.05, 3.63) is 103 Å². The van der Waals surface area contributed by atoms with E-state index in [0.29, 0.717) is 0 Å². The number of hydrogen-bond donors (Lipinski definition) is 1. The van der Waals surface area contributed by atoms with E-state index in [2.05, 4.69) is 78.8 Å². The number of benzene rings is 4. The molecule has 0 atom stereocenters. The molecule has 5 rings (SSSR count). The van der Waals surface area contributed by atoms with Crippen LogP contribution in [0.5, 0.6) is 0 Å². The zero-order valence-corrected chi connectivity index (χ0v) is 17.5. The van der Waals surface area contributed by atoms with Gasteiger partial charge < -0.3 is 4.57 Å². The van der Waals surface area contributed by atoms with E-state index in [1.54, 1.807) is 0 Å². The Balaban J connectivity index is 1.59. The van der Waals surface area contributed by atoms with Crippen LogP contribution in [-0.4, -0.2) is 10.8 Å². The molecule has 0 unspecified atom stereocenters. The van der Waals surface area contributed by atoms with E-state index in [-0.39, 0.29) is 0 Å². The van der Waals surface area contributed by atoms with Gasteiger partial charge >= 0.3 is 0 Å². The monoisotopic (exact) mass is 407 g/mol. The quantitative estimate of drug-likeness (QED) is 0.197. The van der Waals surface area contributed by atoms with Crippen molar-refractivity contribution < 1.29 is 0 Å². The van der Waals surface area contributed by atoms with E-state index in [9.17, 15) is 0 Å². The van der Waals surface area contributed by atoms with Gasteiger partial charge in [0.25, 0.3) is 0 Å². The molecule has 0 fully saturated rings. The maximum Gasteiger partial charge on any atom is 0.0652 e. The van der Waals surface area contributed by atoms with E-state index in [0.717, 1.165) is 21.8 Å². The lowest BCUT2D eigenvalue weighted by Gasteiger charge is -2.19. The number of hydrazone groups is 1. The Morgan fingerprint density at radius 3 is 1.93 bits per heavy atom. The number of aryl methyl sites for hydroxylation is 1. The highest BCUT2D eigenvalue weighted by Gasteiger charge is 2.10. The first-order valence-corrected chi connectivity index (χ1v) is 10.3. The largest absolute Gasteiger partial charge is 0.344 e. The van der Waals surface area contributed by atoms with Crippen LogP contribution >= 0.6 is 12.6 Å². The lowest BCUT2D eigenvalue weighted by molar-refractivity contribution is 1.01. The summed E-state index contributed by atoms with van der Waals surface area (Å²) in [6, 6.07) is 33.1. The molecule has 1 aromatic heterocycles. The molecule has 0 saturated heterocycles. The third-order valence-corrected chi connectivity index (χ3v) is 5.62. The molecule has 5 aromatic rings. The second kappa shape index (κ2) is 7.73. The highest BCUT2D eigenvalue weighted by molar-refractivity contribution is 7.80. The molecule has 0 aliphatic carbocycles. The standard InChI is InChI=1S/C26H21N3S/c1-28-25-14-12-19(16-23(25)24-17-22(30)13-15-26(24)28)18-27-29(20-8-4-2-5-9-20)21-10-6-3-7-11-21/h2-18,30H,1H3/b27-18-. The molecule has 4 heteroatoms. The highest BCUT2D eigenvalue weighted by Crippen LogP contribution is 2.30. The van der Waals surface area contributed by atoms with Gasteiger partial charge in [0.2, 0.25) is 0 Å². The third kappa shape index (κ3) is 3.36. The fraction of sp³-hybridized carbons (Fsp3) is 0.0385. The highest BCUT2D eigenvalue weighted by atomic mass is 32.1. The summed E-state index contributed by atoms with van der Waals surface area (Å²) >= 11 is 4.53. The summed E-state index contributed by atoms with van der Waals surface area (Å²) in [5.41, 5.74) is 5.49. The van der Waals surface area contributed by atoms with Gasteiger partial charge in [0.05, 0.1) is 17.6 Å². The van der Waals surface area contributed by atoms with E-state index in [4.69, 9.17) is 5.10 Å². The van der Waals surface area contributed by atoms with Crippen molar-refractivity contribution in [1.82, 2.24) is 4.57 Å². The molecule has 0 aliphatic heterocycles. The Morgan fingerprint density at radius 2 is 1.30 bits per heavy atom. The van der Waals surface area contributed by atoms with Crippen molar-refractivity contribution in [3.8, 4) is 0 Å². The van der Waals surface area contributed by atoms with Gasteiger partial charge in [-0.05, 0) is 60.2 Å². The summed E-state index contributed by atoms with van der Waals surface area (Å²) in [6.07, 6.45) is 1.92. The van der Waals surface area contributed by atoms with Crippen LogP contribution in [0.15, 0.2) is 107 Å². The molecule has 146 valence electrons. The Morgan fingerprint density at radius 1 is 0.733 bits per heavy atom. The molecule has 0 aliphatic rings. The van der Waals surface area contributed by atoms with Crippen LogP contribution in [0.4, 0.5) is 11.4 Å². The van der Waals surface area contributed by atoms with Gasteiger partial charge in [0.15, 0.2) is 0 Å². The number of hydrogen-bond acceptors (Lipinski definition) is 3. The zero-order valence-electron chi connectivity index (χ0n) is 16.6. The minimum atomic E-state index is 0.966. The number of fused-ring (bicyclic) bond motifs is 3. The smallest absolute Gasteiger partial charge is 0.0652 e. The fourth-order valence-electron chi connectivity index (χ4n) is 3.85. The van der Waals surface area contributed by atoms with Crippen LogP contribution < -0.4 is 5.01 Å². The first-order valence-electron chi connectivity index (χ1n) is 9.86. The molecule has 1 heterocycles. The first kappa shape index (κ1) is 18.5. The van der Waals surface area contributed by atoms with Crippen molar-refractivity contribution in [3.63, 3.8) is 0 Å². The number of thiol groups is 1. The van der Waals surface area contributed by atoms with Gasteiger partial charge in [0.1, 0.15) is 0 Å². The van der Waals surface area contributed by atoms with Crippen LogP contribution in [0.3, 0.4) is 0 Å². The van der Waals surface area contributed by atoms with Gasteiger partial charge in [-0.2, -0.15) is 5.10 Å². The van der Waals surface area contributed by atoms with Crippen molar-refractivity contribution in [2.75, 3.05) is 5.01 Å². The van der Waals surface area contributed by atoms with Crippen LogP contribution in [0.1, 0.15) is 5.56 Å². The van der Waals surface area contributed by atoms with Gasteiger partial charge in [-0.25, -0.2) is 5.01 Å². The molecule has 4 aromatic carbocycles. The molecule has 0 amide bonds. The molecular weight excluding hydrogens is 386 g/mol. The predicted molar refractivity (Wildman–Crippen MR) is 130 cm³/mol. The lowest BCUT2D eigenvalue weighted by Crippen LogP contribution is -2.09. The average Bonchev–Trinajstić information content (AvgIpc) is 3.06.